The number of amides is 1. The smallest absolute Gasteiger partial charge is 0.254 e. The lowest BCUT2D eigenvalue weighted by atomic mass is 10.1. The Labute approximate surface area is 153 Å². The van der Waals surface area contributed by atoms with Gasteiger partial charge in [0, 0.05) is 28.4 Å². The van der Waals surface area contributed by atoms with E-state index < -0.39 is 0 Å². The summed E-state index contributed by atoms with van der Waals surface area (Å²) in [6.07, 6.45) is 0.263. The van der Waals surface area contributed by atoms with Crippen molar-refractivity contribution < 1.29 is 4.79 Å². The standard InChI is InChI=1S/C17H18BrN3O2S/c1-10(2)14-8-16(23)21-13(9-24-17(21)20-14)7-15(22)19-12-5-3-11(18)4-6-12/h3-6,8,10,13H,7,9H2,1-2H3,(H,19,22). The molecule has 3 rings (SSSR count). The van der Waals surface area contributed by atoms with E-state index in [2.05, 4.69) is 26.2 Å². The first-order valence-electron chi connectivity index (χ1n) is 7.75. The molecule has 2 heterocycles. The summed E-state index contributed by atoms with van der Waals surface area (Å²) in [5.74, 6) is 0.803. The fourth-order valence-electron chi connectivity index (χ4n) is 2.58. The van der Waals surface area contributed by atoms with E-state index in [0.717, 1.165) is 15.9 Å². The summed E-state index contributed by atoms with van der Waals surface area (Å²) in [5.41, 5.74) is 1.48. The highest BCUT2D eigenvalue weighted by molar-refractivity contribution is 9.10. The van der Waals surface area contributed by atoms with Crippen LogP contribution in [-0.4, -0.2) is 21.2 Å². The van der Waals surface area contributed by atoms with Gasteiger partial charge in [0.15, 0.2) is 5.16 Å². The minimum absolute atomic E-state index is 0.0739. The van der Waals surface area contributed by atoms with E-state index in [-0.39, 0.29) is 29.8 Å². The van der Waals surface area contributed by atoms with Gasteiger partial charge in [-0.15, -0.1) is 0 Å². The molecule has 126 valence electrons. The zero-order valence-corrected chi connectivity index (χ0v) is 15.9. The molecule has 1 aliphatic rings. The lowest BCUT2D eigenvalue weighted by Gasteiger charge is -2.14. The molecule has 1 aliphatic heterocycles. The van der Waals surface area contributed by atoms with E-state index in [4.69, 9.17) is 0 Å². The minimum atomic E-state index is -0.151. The van der Waals surface area contributed by atoms with Crippen LogP contribution in [0.3, 0.4) is 0 Å². The third kappa shape index (κ3) is 3.72. The Morgan fingerprint density at radius 2 is 2.12 bits per heavy atom. The number of halogens is 1. The van der Waals surface area contributed by atoms with Crippen molar-refractivity contribution in [3.63, 3.8) is 0 Å². The number of hydrogen-bond donors (Lipinski definition) is 1. The number of anilines is 1. The van der Waals surface area contributed by atoms with E-state index in [9.17, 15) is 9.59 Å². The van der Waals surface area contributed by atoms with Crippen LogP contribution in [0.4, 0.5) is 5.69 Å². The highest BCUT2D eigenvalue weighted by Gasteiger charge is 2.28. The molecule has 5 nitrogen and oxygen atoms in total. The first-order valence-corrected chi connectivity index (χ1v) is 9.53. The molecule has 1 atom stereocenters. The number of carbonyl (C=O) groups excluding carboxylic acids is 1. The van der Waals surface area contributed by atoms with Crippen LogP contribution in [0.2, 0.25) is 0 Å². The van der Waals surface area contributed by atoms with Crippen LogP contribution in [0, 0.1) is 0 Å². The molecular weight excluding hydrogens is 390 g/mol. The van der Waals surface area contributed by atoms with Gasteiger partial charge in [0.25, 0.3) is 5.56 Å². The maximum absolute atomic E-state index is 12.4. The molecule has 1 aromatic heterocycles. The highest BCUT2D eigenvalue weighted by atomic mass is 79.9. The van der Waals surface area contributed by atoms with E-state index in [0.29, 0.717) is 10.9 Å². The second-order valence-corrected chi connectivity index (χ2v) is 7.95. The van der Waals surface area contributed by atoms with Gasteiger partial charge in [-0.1, -0.05) is 41.5 Å². The predicted octanol–water partition coefficient (Wildman–Crippen LogP) is 3.80. The molecule has 1 unspecified atom stereocenters. The SMILES string of the molecule is CC(C)c1cc(=O)n2c(n1)SCC2CC(=O)Nc1ccc(Br)cc1. The van der Waals surface area contributed by atoms with Crippen LogP contribution in [0.1, 0.15) is 37.9 Å². The molecule has 0 radical (unpaired) electrons. The quantitative estimate of drug-likeness (QED) is 0.782. The summed E-state index contributed by atoms with van der Waals surface area (Å²) in [6.45, 7) is 4.03. The summed E-state index contributed by atoms with van der Waals surface area (Å²) < 4.78 is 2.61. The molecule has 7 heteroatoms. The lowest BCUT2D eigenvalue weighted by Crippen LogP contribution is -2.28. The Bertz CT molecular complexity index is 818. The molecule has 0 aliphatic carbocycles. The van der Waals surface area contributed by atoms with Gasteiger partial charge in [-0.3, -0.25) is 14.2 Å². The molecule has 1 amide bonds. The number of carbonyl (C=O) groups is 1. The Morgan fingerprint density at radius 3 is 2.79 bits per heavy atom. The van der Waals surface area contributed by atoms with Crippen molar-refractivity contribution in [1.29, 1.82) is 0 Å². The zero-order chi connectivity index (χ0) is 17.3. The fraction of sp³-hybridized carbons (Fsp3) is 0.353. The van der Waals surface area contributed by atoms with Gasteiger partial charge in [-0.2, -0.15) is 0 Å². The largest absolute Gasteiger partial charge is 0.326 e. The average Bonchev–Trinajstić information content (AvgIpc) is 2.93. The zero-order valence-electron chi connectivity index (χ0n) is 13.5. The van der Waals surface area contributed by atoms with Gasteiger partial charge in [0.1, 0.15) is 0 Å². The van der Waals surface area contributed by atoms with Crippen LogP contribution in [-0.2, 0) is 4.79 Å². The Kier molecular flexibility index (Phi) is 5.10. The normalized spacial score (nSPS) is 16.2. The topological polar surface area (TPSA) is 64.0 Å². The summed E-state index contributed by atoms with van der Waals surface area (Å²) in [6, 6.07) is 8.85. The number of thioether (sulfide) groups is 1. The molecule has 0 spiro atoms. The Balaban J connectivity index is 1.73. The van der Waals surface area contributed by atoms with Crippen molar-refractivity contribution in [3.05, 3.63) is 50.9 Å². The first kappa shape index (κ1) is 17.2. The molecule has 0 saturated carbocycles. The van der Waals surface area contributed by atoms with E-state index >= 15 is 0 Å². The number of benzene rings is 1. The third-order valence-electron chi connectivity index (χ3n) is 3.85. The van der Waals surface area contributed by atoms with Crippen molar-refractivity contribution >= 4 is 39.3 Å². The fourth-order valence-corrected chi connectivity index (χ4v) is 4.00. The Morgan fingerprint density at radius 1 is 1.42 bits per heavy atom. The monoisotopic (exact) mass is 407 g/mol. The average molecular weight is 408 g/mol. The number of fused-ring (bicyclic) bond motifs is 1. The highest BCUT2D eigenvalue weighted by Crippen LogP contribution is 2.33. The van der Waals surface area contributed by atoms with Crippen LogP contribution in [0.25, 0.3) is 0 Å². The molecule has 0 bridgehead atoms. The van der Waals surface area contributed by atoms with Gasteiger partial charge in [0.05, 0.1) is 11.7 Å². The minimum Gasteiger partial charge on any atom is -0.326 e. The molecule has 0 fully saturated rings. The molecule has 0 saturated heterocycles. The van der Waals surface area contributed by atoms with Gasteiger partial charge < -0.3 is 5.32 Å². The van der Waals surface area contributed by atoms with E-state index in [1.807, 2.05) is 38.1 Å². The third-order valence-corrected chi connectivity index (χ3v) is 5.48. The van der Waals surface area contributed by atoms with E-state index in [1.165, 1.54) is 11.8 Å². The predicted molar refractivity (Wildman–Crippen MR) is 99.7 cm³/mol. The second-order valence-electron chi connectivity index (χ2n) is 6.05. The lowest BCUT2D eigenvalue weighted by molar-refractivity contribution is -0.116. The van der Waals surface area contributed by atoms with E-state index in [1.54, 1.807) is 10.6 Å². The van der Waals surface area contributed by atoms with Crippen LogP contribution < -0.4 is 10.9 Å². The maximum atomic E-state index is 12.4. The Hall–Kier alpha value is -1.60. The van der Waals surface area contributed by atoms with Gasteiger partial charge in [-0.05, 0) is 30.2 Å². The number of hydrogen-bond acceptors (Lipinski definition) is 4. The molecule has 24 heavy (non-hydrogen) atoms. The van der Waals surface area contributed by atoms with Crippen LogP contribution >= 0.6 is 27.7 Å². The molecule has 2 aromatic rings. The van der Waals surface area contributed by atoms with Gasteiger partial charge >= 0.3 is 0 Å². The van der Waals surface area contributed by atoms with Gasteiger partial charge in [-0.25, -0.2) is 4.98 Å². The summed E-state index contributed by atoms with van der Waals surface area (Å²) in [7, 11) is 0. The first-order chi connectivity index (χ1) is 11.4. The van der Waals surface area contributed by atoms with Crippen molar-refractivity contribution in [3.8, 4) is 0 Å². The maximum Gasteiger partial charge on any atom is 0.254 e. The number of aromatic nitrogens is 2. The number of nitrogens with zero attached hydrogens (tertiary/aromatic N) is 2. The van der Waals surface area contributed by atoms with Crippen LogP contribution in [0.15, 0.2) is 44.8 Å². The number of nitrogens with one attached hydrogen (secondary N) is 1. The van der Waals surface area contributed by atoms with Gasteiger partial charge in [0.2, 0.25) is 5.91 Å². The van der Waals surface area contributed by atoms with Crippen LogP contribution in [0.5, 0.6) is 0 Å². The summed E-state index contributed by atoms with van der Waals surface area (Å²) >= 11 is 4.90. The molecular formula is C17H18BrN3O2S. The molecule has 1 aromatic carbocycles. The second kappa shape index (κ2) is 7.11. The van der Waals surface area contributed by atoms with Crippen molar-refractivity contribution in [2.24, 2.45) is 0 Å². The summed E-state index contributed by atoms with van der Waals surface area (Å²) in [4.78, 5) is 29.2. The molecule has 1 N–H and O–H groups in total. The van der Waals surface area contributed by atoms with Crippen molar-refractivity contribution in [2.75, 3.05) is 11.1 Å². The van der Waals surface area contributed by atoms with Crippen molar-refractivity contribution in [2.45, 2.75) is 37.4 Å². The number of rotatable bonds is 4. The summed E-state index contributed by atoms with van der Waals surface area (Å²) in [5, 5.41) is 3.59. The van der Waals surface area contributed by atoms with Crippen molar-refractivity contribution in [1.82, 2.24) is 9.55 Å².